The number of nitrogens with two attached hydrogens (primary N) is 1. The minimum absolute atomic E-state index is 0.368. The molecule has 0 aromatic heterocycles. The van der Waals surface area contributed by atoms with Gasteiger partial charge < -0.3 is 0 Å². The standard InChI is InChI=1S/CH4BrNOS/c2-1-5(3)4/h1,3H2. The molecule has 0 rings (SSSR count). The first kappa shape index (κ1) is 5.59. The van der Waals surface area contributed by atoms with Crippen molar-refractivity contribution in [1.29, 1.82) is 0 Å². The molecule has 0 radical (unpaired) electrons. The van der Waals surface area contributed by atoms with Gasteiger partial charge in [0, 0.05) is 0 Å². The van der Waals surface area contributed by atoms with E-state index < -0.39 is 11.0 Å². The molecule has 5 heavy (non-hydrogen) atoms. The maximum atomic E-state index is 9.65. The van der Waals surface area contributed by atoms with Crippen molar-refractivity contribution in [2.24, 2.45) is 5.14 Å². The predicted molar refractivity (Wildman–Crippen MR) is 26.1 cm³/mol. The second-order valence-electron chi connectivity index (χ2n) is 0.490. The van der Waals surface area contributed by atoms with Gasteiger partial charge in [0.1, 0.15) is 0 Å². The average molecular weight is 158 g/mol. The molecule has 32 valence electrons. The molecule has 0 saturated carbocycles. The smallest absolute Gasteiger partial charge is 0.0996 e. The number of rotatable bonds is 1. The van der Waals surface area contributed by atoms with E-state index in [4.69, 9.17) is 5.14 Å². The van der Waals surface area contributed by atoms with Crippen LogP contribution in [0.4, 0.5) is 0 Å². The molecule has 0 aliphatic carbocycles. The van der Waals surface area contributed by atoms with Crippen LogP contribution in [0.5, 0.6) is 0 Å². The zero-order valence-electron chi connectivity index (χ0n) is 2.48. The molecule has 2 nitrogen and oxygen atoms in total. The highest BCUT2D eigenvalue weighted by atomic mass is 79.9. The third-order valence-corrected chi connectivity index (χ3v) is 1.68. The third kappa shape index (κ3) is 4.59. The zero-order chi connectivity index (χ0) is 4.28. The largest absolute Gasteiger partial charge is 0.251 e. The van der Waals surface area contributed by atoms with Gasteiger partial charge in [-0.3, -0.25) is 5.14 Å². The Morgan fingerprint density at radius 1 is 2.00 bits per heavy atom. The monoisotopic (exact) mass is 157 g/mol. The molecule has 0 spiro atoms. The van der Waals surface area contributed by atoms with Crippen molar-refractivity contribution in [2.45, 2.75) is 0 Å². The lowest BCUT2D eigenvalue weighted by molar-refractivity contribution is 0.687. The van der Waals surface area contributed by atoms with Gasteiger partial charge in [-0.15, -0.1) is 0 Å². The highest BCUT2D eigenvalue weighted by Crippen LogP contribution is 1.76. The summed E-state index contributed by atoms with van der Waals surface area (Å²) in [6, 6.07) is 0. The second-order valence-corrected chi connectivity index (χ2v) is 2.84. The molecule has 0 aliphatic heterocycles. The maximum Gasteiger partial charge on any atom is 0.0996 e. The lowest BCUT2D eigenvalue weighted by atomic mass is 11.9. The highest BCUT2D eigenvalue weighted by molar-refractivity contribution is 9.10. The van der Waals surface area contributed by atoms with Crippen LogP contribution in [0.15, 0.2) is 0 Å². The summed E-state index contributed by atoms with van der Waals surface area (Å²) in [6.07, 6.45) is 0. The fourth-order valence-electron chi connectivity index (χ4n) is 0. The quantitative estimate of drug-likeness (QED) is 0.534. The van der Waals surface area contributed by atoms with Gasteiger partial charge >= 0.3 is 0 Å². The highest BCUT2D eigenvalue weighted by Gasteiger charge is 1.75. The first-order valence-corrected chi connectivity index (χ1v) is 3.46. The van der Waals surface area contributed by atoms with Gasteiger partial charge in [0.25, 0.3) is 0 Å². The Bertz CT molecular complexity index is 46.9. The van der Waals surface area contributed by atoms with Crippen LogP contribution >= 0.6 is 15.9 Å². The Hall–Kier alpha value is 0.590. The fourth-order valence-corrected chi connectivity index (χ4v) is 0. The van der Waals surface area contributed by atoms with Crippen LogP contribution in [0.1, 0.15) is 0 Å². The van der Waals surface area contributed by atoms with Gasteiger partial charge in [-0.05, 0) is 0 Å². The number of alkyl halides is 1. The maximum absolute atomic E-state index is 9.65. The summed E-state index contributed by atoms with van der Waals surface area (Å²) in [5.41, 5.74) is 0. The molecule has 0 fully saturated rings. The summed E-state index contributed by atoms with van der Waals surface area (Å²) in [5, 5.41) is 4.72. The summed E-state index contributed by atoms with van der Waals surface area (Å²) in [4.78, 5) is 0. The predicted octanol–water partition coefficient (Wildman–Crippen LogP) is -0.0388. The van der Waals surface area contributed by atoms with Crippen LogP contribution in [0, 0.1) is 0 Å². The summed E-state index contributed by atoms with van der Waals surface area (Å²) in [5.74, 6) is 0. The van der Waals surface area contributed by atoms with Gasteiger partial charge in [0.05, 0.1) is 15.6 Å². The SMILES string of the molecule is NS(=O)CBr. The summed E-state index contributed by atoms with van der Waals surface area (Å²) < 4.78 is 10.0. The van der Waals surface area contributed by atoms with Gasteiger partial charge in [0.2, 0.25) is 0 Å². The Morgan fingerprint density at radius 2 is 2.20 bits per heavy atom. The lowest BCUT2D eigenvalue weighted by Gasteiger charge is -1.73. The molecule has 0 bridgehead atoms. The molecule has 0 aliphatic rings. The molecular formula is CH4BrNOS. The molecule has 0 aromatic carbocycles. The minimum Gasteiger partial charge on any atom is -0.251 e. The van der Waals surface area contributed by atoms with Crippen molar-refractivity contribution in [3.63, 3.8) is 0 Å². The normalized spacial score (nSPS) is 14.8. The van der Waals surface area contributed by atoms with Crippen LogP contribution in [-0.4, -0.2) is 8.87 Å². The zero-order valence-corrected chi connectivity index (χ0v) is 4.88. The van der Waals surface area contributed by atoms with E-state index in [1.807, 2.05) is 0 Å². The van der Waals surface area contributed by atoms with Crippen LogP contribution in [0.2, 0.25) is 0 Å². The Kier molecular flexibility index (Phi) is 3.14. The first-order chi connectivity index (χ1) is 2.27. The van der Waals surface area contributed by atoms with Gasteiger partial charge in [-0.25, -0.2) is 4.21 Å². The molecule has 0 amide bonds. The first-order valence-electron chi connectivity index (χ1n) is 0.958. The van der Waals surface area contributed by atoms with Crippen LogP contribution in [0.3, 0.4) is 0 Å². The van der Waals surface area contributed by atoms with E-state index in [-0.39, 0.29) is 0 Å². The molecule has 0 aromatic rings. The van der Waals surface area contributed by atoms with E-state index in [1.165, 1.54) is 0 Å². The van der Waals surface area contributed by atoms with Crippen LogP contribution < -0.4 is 5.14 Å². The minimum atomic E-state index is -1.16. The molecule has 4 heteroatoms. The molecule has 1 unspecified atom stereocenters. The van der Waals surface area contributed by atoms with Crippen molar-refractivity contribution in [3.8, 4) is 0 Å². The summed E-state index contributed by atoms with van der Waals surface area (Å²) in [6.45, 7) is 0. The number of hydrogen-bond donors (Lipinski definition) is 1. The van der Waals surface area contributed by atoms with E-state index in [0.29, 0.717) is 4.66 Å². The molecule has 2 N–H and O–H groups in total. The van der Waals surface area contributed by atoms with Gasteiger partial charge in [0.15, 0.2) is 0 Å². The summed E-state index contributed by atoms with van der Waals surface area (Å²) in [7, 11) is -1.16. The Labute approximate surface area is 41.5 Å². The summed E-state index contributed by atoms with van der Waals surface area (Å²) >= 11 is 2.89. The molecule has 0 saturated heterocycles. The Balaban J connectivity index is 2.85. The number of halogens is 1. The molecule has 1 atom stereocenters. The van der Waals surface area contributed by atoms with E-state index >= 15 is 0 Å². The molecule has 0 heterocycles. The third-order valence-electron chi connectivity index (χ3n) is 0.108. The molecular weight excluding hydrogens is 154 g/mol. The van der Waals surface area contributed by atoms with Crippen molar-refractivity contribution in [2.75, 3.05) is 4.66 Å². The van der Waals surface area contributed by atoms with E-state index in [2.05, 4.69) is 15.9 Å². The van der Waals surface area contributed by atoms with E-state index in [0.717, 1.165) is 0 Å². The van der Waals surface area contributed by atoms with Gasteiger partial charge in [-0.2, -0.15) is 0 Å². The van der Waals surface area contributed by atoms with Crippen molar-refractivity contribution in [1.82, 2.24) is 0 Å². The van der Waals surface area contributed by atoms with E-state index in [9.17, 15) is 4.21 Å². The van der Waals surface area contributed by atoms with Crippen molar-refractivity contribution < 1.29 is 4.21 Å². The van der Waals surface area contributed by atoms with Crippen molar-refractivity contribution in [3.05, 3.63) is 0 Å². The topological polar surface area (TPSA) is 43.1 Å². The number of hydrogen-bond acceptors (Lipinski definition) is 1. The van der Waals surface area contributed by atoms with Gasteiger partial charge in [-0.1, -0.05) is 15.9 Å². The van der Waals surface area contributed by atoms with E-state index in [1.54, 1.807) is 0 Å². The Morgan fingerprint density at radius 3 is 2.20 bits per heavy atom. The second kappa shape index (κ2) is 2.81. The lowest BCUT2D eigenvalue weighted by Crippen LogP contribution is -2.00. The fraction of sp³-hybridized carbons (Fsp3) is 1.00. The van der Waals surface area contributed by atoms with Crippen LogP contribution in [0.25, 0.3) is 0 Å². The average Bonchev–Trinajstić information content (AvgIpc) is 1.38. The van der Waals surface area contributed by atoms with Crippen LogP contribution in [-0.2, 0) is 11.0 Å². The van der Waals surface area contributed by atoms with Crippen molar-refractivity contribution >= 4 is 26.9 Å².